The molecule has 0 N–H and O–H groups in total. The number of hydrogen-bond acceptors (Lipinski definition) is 5. The van der Waals surface area contributed by atoms with Crippen LogP contribution in [0.25, 0.3) is 0 Å². The predicted molar refractivity (Wildman–Crippen MR) is 89.1 cm³/mol. The molecule has 0 aliphatic heterocycles. The van der Waals surface area contributed by atoms with Gasteiger partial charge in [-0.2, -0.15) is 0 Å². The van der Waals surface area contributed by atoms with Gasteiger partial charge in [-0.3, -0.25) is 4.79 Å². The molecule has 1 aromatic heterocycles. The summed E-state index contributed by atoms with van der Waals surface area (Å²) in [6.07, 6.45) is 1.19. The zero-order valence-corrected chi connectivity index (χ0v) is 14.4. The van der Waals surface area contributed by atoms with E-state index in [2.05, 4.69) is 4.98 Å². The molecule has 0 unspecified atom stereocenters. The van der Waals surface area contributed by atoms with Gasteiger partial charge in [0.05, 0.1) is 5.41 Å². The SMILES string of the molecule is Cc1ncc([N+](=O)[O-])n1CCOC(=O)C(C)(C)c1cccc(Cl)c1. The lowest BCUT2D eigenvalue weighted by molar-refractivity contribution is -0.392. The summed E-state index contributed by atoms with van der Waals surface area (Å²) < 4.78 is 6.71. The largest absolute Gasteiger partial charge is 0.461 e. The van der Waals surface area contributed by atoms with Crippen molar-refractivity contribution < 1.29 is 14.5 Å². The molecule has 0 bridgehead atoms. The number of nitrogens with zero attached hydrogens (tertiary/aromatic N) is 3. The van der Waals surface area contributed by atoms with E-state index in [9.17, 15) is 14.9 Å². The second-order valence-electron chi connectivity index (χ2n) is 5.84. The van der Waals surface area contributed by atoms with E-state index in [1.54, 1.807) is 45.0 Å². The van der Waals surface area contributed by atoms with Gasteiger partial charge in [0.1, 0.15) is 19.3 Å². The van der Waals surface area contributed by atoms with E-state index < -0.39 is 16.3 Å². The lowest BCUT2D eigenvalue weighted by atomic mass is 9.85. The Morgan fingerprint density at radius 3 is 2.79 bits per heavy atom. The standard InChI is InChI=1S/C16H18ClN3O4/c1-11-18-10-14(20(22)23)19(11)7-8-24-15(21)16(2,3)12-5-4-6-13(17)9-12/h4-6,9-10H,7-8H2,1-3H3. The third-order valence-corrected chi connectivity index (χ3v) is 4.06. The lowest BCUT2D eigenvalue weighted by Crippen LogP contribution is -2.32. The highest BCUT2D eigenvalue weighted by atomic mass is 35.5. The first-order valence-corrected chi connectivity index (χ1v) is 7.71. The highest BCUT2D eigenvalue weighted by molar-refractivity contribution is 6.30. The smallest absolute Gasteiger partial charge is 0.342 e. The van der Waals surface area contributed by atoms with Crippen molar-refractivity contribution in [2.45, 2.75) is 32.7 Å². The molecular formula is C16H18ClN3O4. The molecule has 2 aromatic rings. The Morgan fingerprint density at radius 1 is 1.46 bits per heavy atom. The molecule has 0 atom stereocenters. The van der Waals surface area contributed by atoms with Crippen LogP contribution in [0.3, 0.4) is 0 Å². The number of ether oxygens (including phenoxy) is 1. The average Bonchev–Trinajstić information content (AvgIpc) is 2.88. The van der Waals surface area contributed by atoms with Crippen LogP contribution in [0.2, 0.25) is 5.02 Å². The van der Waals surface area contributed by atoms with E-state index in [4.69, 9.17) is 16.3 Å². The Labute approximate surface area is 144 Å². The van der Waals surface area contributed by atoms with E-state index in [1.807, 2.05) is 0 Å². The van der Waals surface area contributed by atoms with Crippen molar-refractivity contribution in [2.24, 2.45) is 0 Å². The van der Waals surface area contributed by atoms with Gasteiger partial charge < -0.3 is 14.9 Å². The molecule has 1 aromatic carbocycles. The van der Waals surface area contributed by atoms with Crippen LogP contribution in [0.4, 0.5) is 5.82 Å². The Hall–Kier alpha value is -2.41. The zero-order valence-electron chi connectivity index (χ0n) is 13.7. The van der Waals surface area contributed by atoms with Crippen molar-refractivity contribution in [3.8, 4) is 0 Å². The van der Waals surface area contributed by atoms with Crippen LogP contribution in [-0.2, 0) is 21.5 Å². The number of hydrogen-bond donors (Lipinski definition) is 0. The normalized spacial score (nSPS) is 11.3. The maximum atomic E-state index is 12.4. The summed E-state index contributed by atoms with van der Waals surface area (Å²) in [6.45, 7) is 5.32. The van der Waals surface area contributed by atoms with Crippen LogP contribution in [-0.4, -0.2) is 27.1 Å². The Kier molecular flexibility index (Phi) is 5.23. The fourth-order valence-corrected chi connectivity index (χ4v) is 2.47. The Bertz CT molecular complexity index is 770. The number of carbonyl (C=O) groups is 1. The fourth-order valence-electron chi connectivity index (χ4n) is 2.28. The minimum absolute atomic E-state index is 0.0148. The van der Waals surface area contributed by atoms with Crippen molar-refractivity contribution in [1.29, 1.82) is 0 Å². The molecule has 24 heavy (non-hydrogen) atoms. The van der Waals surface area contributed by atoms with Crippen molar-refractivity contribution >= 4 is 23.4 Å². The third-order valence-electron chi connectivity index (χ3n) is 3.83. The van der Waals surface area contributed by atoms with Gasteiger partial charge in [-0.15, -0.1) is 0 Å². The second-order valence-corrected chi connectivity index (χ2v) is 6.28. The first kappa shape index (κ1) is 17.9. The summed E-state index contributed by atoms with van der Waals surface area (Å²) in [5, 5.41) is 11.5. The number of imidazole rings is 1. The number of halogens is 1. The van der Waals surface area contributed by atoms with Gasteiger partial charge >= 0.3 is 11.8 Å². The highest BCUT2D eigenvalue weighted by Gasteiger charge is 2.32. The predicted octanol–water partition coefficient (Wildman–Crippen LogP) is 3.27. The first-order chi connectivity index (χ1) is 11.2. The molecule has 0 saturated heterocycles. The van der Waals surface area contributed by atoms with Crippen LogP contribution < -0.4 is 0 Å². The molecule has 7 nitrogen and oxygen atoms in total. The van der Waals surface area contributed by atoms with E-state index in [-0.39, 0.29) is 19.0 Å². The molecule has 0 fully saturated rings. The first-order valence-electron chi connectivity index (χ1n) is 7.33. The van der Waals surface area contributed by atoms with Crippen LogP contribution in [0.1, 0.15) is 25.2 Å². The molecule has 0 aliphatic carbocycles. The van der Waals surface area contributed by atoms with Crippen molar-refractivity contribution in [1.82, 2.24) is 9.55 Å². The van der Waals surface area contributed by atoms with Gasteiger partial charge in [-0.25, -0.2) is 9.55 Å². The highest BCUT2D eigenvalue weighted by Crippen LogP contribution is 2.27. The molecule has 0 spiro atoms. The number of nitro groups is 1. The number of benzene rings is 1. The van der Waals surface area contributed by atoms with Crippen molar-refractivity contribution in [3.05, 3.63) is 57.0 Å². The Balaban J connectivity index is 2.03. The zero-order chi connectivity index (χ0) is 17.9. The number of esters is 1. The van der Waals surface area contributed by atoms with E-state index >= 15 is 0 Å². The quantitative estimate of drug-likeness (QED) is 0.453. The molecule has 0 amide bonds. The fraction of sp³-hybridized carbons (Fsp3) is 0.375. The molecule has 2 rings (SSSR count). The third kappa shape index (κ3) is 3.73. The van der Waals surface area contributed by atoms with E-state index in [1.165, 1.54) is 10.8 Å². The molecule has 8 heteroatoms. The molecule has 0 radical (unpaired) electrons. The van der Waals surface area contributed by atoms with Gasteiger partial charge in [-0.05, 0) is 36.5 Å². The van der Waals surface area contributed by atoms with Crippen molar-refractivity contribution in [2.75, 3.05) is 6.61 Å². The summed E-state index contributed by atoms with van der Waals surface area (Å²) in [5.74, 6) is -0.0605. The maximum Gasteiger partial charge on any atom is 0.342 e. The minimum Gasteiger partial charge on any atom is -0.461 e. The van der Waals surface area contributed by atoms with Crippen LogP contribution >= 0.6 is 11.6 Å². The summed E-state index contributed by atoms with van der Waals surface area (Å²) in [7, 11) is 0. The minimum atomic E-state index is -0.874. The second kappa shape index (κ2) is 7.00. The number of carbonyl (C=O) groups excluding carboxylic acids is 1. The van der Waals surface area contributed by atoms with Crippen molar-refractivity contribution in [3.63, 3.8) is 0 Å². The molecule has 0 aliphatic rings. The summed E-state index contributed by atoms with van der Waals surface area (Å²) in [4.78, 5) is 26.7. The number of aryl methyl sites for hydroxylation is 1. The van der Waals surface area contributed by atoms with E-state index in [0.717, 1.165) is 5.56 Å². The molecular weight excluding hydrogens is 334 g/mol. The molecule has 0 saturated carbocycles. The number of rotatable bonds is 6. The molecule has 1 heterocycles. The molecule has 128 valence electrons. The summed E-state index contributed by atoms with van der Waals surface area (Å²) in [6, 6.07) is 7.02. The summed E-state index contributed by atoms with van der Waals surface area (Å²) in [5.41, 5.74) is -0.134. The van der Waals surface area contributed by atoms with Crippen LogP contribution in [0.15, 0.2) is 30.5 Å². The maximum absolute atomic E-state index is 12.4. The lowest BCUT2D eigenvalue weighted by Gasteiger charge is -2.23. The average molecular weight is 352 g/mol. The monoisotopic (exact) mass is 351 g/mol. The van der Waals surface area contributed by atoms with Gasteiger partial charge in [0.25, 0.3) is 0 Å². The number of aromatic nitrogens is 2. The van der Waals surface area contributed by atoms with E-state index in [0.29, 0.717) is 10.8 Å². The van der Waals surface area contributed by atoms with Gasteiger partial charge in [-0.1, -0.05) is 23.7 Å². The van der Waals surface area contributed by atoms with Gasteiger partial charge in [0.2, 0.25) is 0 Å². The van der Waals surface area contributed by atoms with Gasteiger partial charge in [0, 0.05) is 11.9 Å². The Morgan fingerprint density at radius 2 is 2.17 bits per heavy atom. The van der Waals surface area contributed by atoms with Crippen LogP contribution in [0, 0.1) is 17.0 Å². The topological polar surface area (TPSA) is 87.3 Å². The van der Waals surface area contributed by atoms with Gasteiger partial charge in [0.15, 0.2) is 5.82 Å². The summed E-state index contributed by atoms with van der Waals surface area (Å²) >= 11 is 5.97. The van der Waals surface area contributed by atoms with Crippen LogP contribution in [0.5, 0.6) is 0 Å².